The summed E-state index contributed by atoms with van der Waals surface area (Å²) in [6.45, 7) is 2.33. The molecule has 4 nitrogen and oxygen atoms in total. The Morgan fingerprint density at radius 1 is 0.958 bits per heavy atom. The van der Waals surface area contributed by atoms with Crippen molar-refractivity contribution in [2.75, 3.05) is 0 Å². The van der Waals surface area contributed by atoms with E-state index in [1.165, 1.54) is 0 Å². The molecule has 0 bridgehead atoms. The van der Waals surface area contributed by atoms with Crippen LogP contribution < -0.4 is 10.6 Å². The minimum Gasteiger partial charge on any atom is -0.348 e. The smallest absolute Gasteiger partial charge is 0.315 e. The molecule has 0 fully saturated rings. The predicted octanol–water partition coefficient (Wildman–Crippen LogP) is 2.81. The molecule has 0 heterocycles. The lowest BCUT2D eigenvalue weighted by Crippen LogP contribution is -2.29. The fraction of sp³-hybridized carbons (Fsp3) is 0.222. The molecule has 2 rings (SSSR count). The highest BCUT2D eigenvalue weighted by molar-refractivity contribution is 5.94. The van der Waals surface area contributed by atoms with Crippen molar-refractivity contribution in [2.24, 2.45) is 0 Å². The van der Waals surface area contributed by atoms with Crippen molar-refractivity contribution < 1.29 is 18.4 Å². The van der Waals surface area contributed by atoms with Crippen LogP contribution in [0.15, 0.2) is 48.5 Å². The van der Waals surface area contributed by atoms with Crippen molar-refractivity contribution in [1.29, 1.82) is 0 Å². The number of amides is 2. The van der Waals surface area contributed by atoms with Crippen LogP contribution in [0.4, 0.5) is 8.78 Å². The number of carbonyl (C=O) groups excluding carboxylic acids is 2. The highest BCUT2D eigenvalue weighted by Crippen LogP contribution is 2.07. The molecule has 6 heteroatoms. The van der Waals surface area contributed by atoms with Crippen LogP contribution in [0.2, 0.25) is 0 Å². The van der Waals surface area contributed by atoms with E-state index in [1.54, 1.807) is 24.3 Å². The minimum absolute atomic E-state index is 0.0533. The Balaban J connectivity index is 1.93. The number of carbonyl (C=O) groups is 2. The van der Waals surface area contributed by atoms with Gasteiger partial charge in [-0.1, -0.05) is 42.0 Å². The summed E-state index contributed by atoms with van der Waals surface area (Å²) in [6, 6.07) is 14.3. The topological polar surface area (TPSA) is 58.2 Å². The molecule has 0 aliphatic carbocycles. The molecular formula is C18H18F2N2O2. The van der Waals surface area contributed by atoms with E-state index in [0.29, 0.717) is 17.7 Å². The predicted molar refractivity (Wildman–Crippen MR) is 86.6 cm³/mol. The standard InChI is InChI=1S/C18H18F2N2O2/c1-12-5-7-13(8-6-12)10-21-17(23)15-4-2-3-14(9-15)11-22-18(24)16(19)20/h2-9,16H,10-11H2,1H3,(H,21,23)(H,22,24). The van der Waals surface area contributed by atoms with Gasteiger partial charge in [-0.3, -0.25) is 9.59 Å². The number of hydrogen-bond donors (Lipinski definition) is 2. The molecule has 126 valence electrons. The van der Waals surface area contributed by atoms with Gasteiger partial charge in [0.1, 0.15) is 0 Å². The molecule has 0 saturated carbocycles. The zero-order valence-electron chi connectivity index (χ0n) is 13.2. The highest BCUT2D eigenvalue weighted by atomic mass is 19.3. The Morgan fingerprint density at radius 2 is 1.62 bits per heavy atom. The van der Waals surface area contributed by atoms with E-state index >= 15 is 0 Å². The molecule has 0 unspecified atom stereocenters. The highest BCUT2D eigenvalue weighted by Gasteiger charge is 2.14. The molecule has 2 amide bonds. The summed E-state index contributed by atoms with van der Waals surface area (Å²) in [4.78, 5) is 23.0. The molecule has 0 spiro atoms. The van der Waals surface area contributed by atoms with Gasteiger partial charge in [-0.05, 0) is 30.2 Å². The van der Waals surface area contributed by atoms with E-state index in [1.807, 2.05) is 31.2 Å². The monoisotopic (exact) mass is 332 g/mol. The van der Waals surface area contributed by atoms with Crippen molar-refractivity contribution in [1.82, 2.24) is 10.6 Å². The Morgan fingerprint density at radius 3 is 2.29 bits per heavy atom. The van der Waals surface area contributed by atoms with Gasteiger partial charge in [-0.2, -0.15) is 8.78 Å². The van der Waals surface area contributed by atoms with E-state index in [-0.39, 0.29) is 12.5 Å². The molecule has 0 saturated heterocycles. The van der Waals surface area contributed by atoms with E-state index in [9.17, 15) is 18.4 Å². The second-order valence-electron chi connectivity index (χ2n) is 5.39. The SMILES string of the molecule is Cc1ccc(CNC(=O)c2cccc(CNC(=O)C(F)F)c2)cc1. The summed E-state index contributed by atoms with van der Waals surface area (Å²) in [7, 11) is 0. The summed E-state index contributed by atoms with van der Waals surface area (Å²) >= 11 is 0. The van der Waals surface area contributed by atoms with Crippen LogP contribution in [0.25, 0.3) is 0 Å². The van der Waals surface area contributed by atoms with Crippen molar-refractivity contribution in [3.05, 3.63) is 70.8 Å². The van der Waals surface area contributed by atoms with Gasteiger partial charge in [0.2, 0.25) is 0 Å². The first-order valence-corrected chi connectivity index (χ1v) is 7.44. The number of aryl methyl sites for hydroxylation is 1. The second kappa shape index (κ2) is 8.19. The van der Waals surface area contributed by atoms with Gasteiger partial charge in [-0.25, -0.2) is 0 Å². The molecule has 0 radical (unpaired) electrons. The van der Waals surface area contributed by atoms with E-state index < -0.39 is 12.3 Å². The first kappa shape index (κ1) is 17.6. The van der Waals surface area contributed by atoms with Gasteiger partial charge in [-0.15, -0.1) is 0 Å². The Kier molecular flexibility index (Phi) is 6.01. The number of benzene rings is 2. The van der Waals surface area contributed by atoms with Crippen molar-refractivity contribution >= 4 is 11.8 Å². The molecule has 0 aliphatic rings. The lowest BCUT2D eigenvalue weighted by atomic mass is 10.1. The molecule has 2 aromatic rings. The van der Waals surface area contributed by atoms with Gasteiger partial charge in [0.25, 0.3) is 11.8 Å². The Hall–Kier alpha value is -2.76. The van der Waals surface area contributed by atoms with E-state index in [0.717, 1.165) is 11.1 Å². The molecule has 0 aromatic heterocycles. The van der Waals surface area contributed by atoms with Crippen LogP contribution in [0, 0.1) is 6.92 Å². The third-order valence-electron chi connectivity index (χ3n) is 3.43. The minimum atomic E-state index is -3.05. The number of halogens is 2. The first-order valence-electron chi connectivity index (χ1n) is 7.44. The average Bonchev–Trinajstić information content (AvgIpc) is 2.59. The maximum Gasteiger partial charge on any atom is 0.315 e. The van der Waals surface area contributed by atoms with Crippen molar-refractivity contribution in [3.8, 4) is 0 Å². The van der Waals surface area contributed by atoms with Gasteiger partial charge in [0.05, 0.1) is 0 Å². The largest absolute Gasteiger partial charge is 0.348 e. The summed E-state index contributed by atoms with van der Waals surface area (Å²) < 4.78 is 24.3. The lowest BCUT2D eigenvalue weighted by molar-refractivity contribution is -0.131. The van der Waals surface area contributed by atoms with Crippen LogP contribution in [-0.4, -0.2) is 18.2 Å². The maximum atomic E-state index is 12.2. The Labute approximate surface area is 138 Å². The van der Waals surface area contributed by atoms with Crippen LogP contribution in [-0.2, 0) is 17.9 Å². The van der Waals surface area contributed by atoms with Crippen LogP contribution >= 0.6 is 0 Å². The number of nitrogens with one attached hydrogen (secondary N) is 2. The van der Waals surface area contributed by atoms with Crippen molar-refractivity contribution in [2.45, 2.75) is 26.4 Å². The molecule has 2 aromatic carbocycles. The van der Waals surface area contributed by atoms with Gasteiger partial charge < -0.3 is 10.6 Å². The number of alkyl halides is 2. The number of hydrogen-bond acceptors (Lipinski definition) is 2. The maximum absolute atomic E-state index is 12.2. The molecule has 24 heavy (non-hydrogen) atoms. The van der Waals surface area contributed by atoms with E-state index in [2.05, 4.69) is 10.6 Å². The quantitative estimate of drug-likeness (QED) is 0.855. The van der Waals surface area contributed by atoms with Gasteiger partial charge in [0.15, 0.2) is 0 Å². The van der Waals surface area contributed by atoms with Gasteiger partial charge in [0, 0.05) is 18.7 Å². The fourth-order valence-corrected chi connectivity index (χ4v) is 2.08. The molecular weight excluding hydrogens is 314 g/mol. The van der Waals surface area contributed by atoms with E-state index in [4.69, 9.17) is 0 Å². The lowest BCUT2D eigenvalue weighted by Gasteiger charge is -2.08. The summed E-state index contributed by atoms with van der Waals surface area (Å²) in [5.41, 5.74) is 3.11. The third-order valence-corrected chi connectivity index (χ3v) is 3.43. The summed E-state index contributed by atoms with van der Waals surface area (Å²) in [5, 5.41) is 4.91. The van der Waals surface area contributed by atoms with Crippen LogP contribution in [0.3, 0.4) is 0 Å². The summed E-state index contributed by atoms with van der Waals surface area (Å²) in [6.07, 6.45) is -3.05. The zero-order valence-corrected chi connectivity index (χ0v) is 13.2. The van der Waals surface area contributed by atoms with Gasteiger partial charge >= 0.3 is 6.43 Å². The fourth-order valence-electron chi connectivity index (χ4n) is 2.08. The summed E-state index contributed by atoms with van der Waals surface area (Å²) in [5.74, 6) is -1.60. The molecule has 0 atom stereocenters. The van der Waals surface area contributed by atoms with Crippen LogP contribution in [0.5, 0.6) is 0 Å². The second-order valence-corrected chi connectivity index (χ2v) is 5.39. The van der Waals surface area contributed by atoms with Crippen molar-refractivity contribution in [3.63, 3.8) is 0 Å². The average molecular weight is 332 g/mol. The zero-order chi connectivity index (χ0) is 17.5. The first-order chi connectivity index (χ1) is 11.5. The Bertz CT molecular complexity index is 715. The normalized spacial score (nSPS) is 10.5. The third kappa shape index (κ3) is 5.15. The number of rotatable bonds is 6. The van der Waals surface area contributed by atoms with Crippen LogP contribution in [0.1, 0.15) is 27.0 Å². The molecule has 2 N–H and O–H groups in total. The molecule has 0 aliphatic heterocycles.